The molecule has 1 aromatic carbocycles. The Labute approximate surface area is 198 Å². The van der Waals surface area contributed by atoms with Gasteiger partial charge in [0, 0.05) is 6.07 Å². The van der Waals surface area contributed by atoms with Crippen LogP contribution in [0.3, 0.4) is 0 Å². The van der Waals surface area contributed by atoms with Gasteiger partial charge < -0.3 is 4.74 Å². The number of ether oxygens (including phenoxy) is 1. The zero-order valence-electron chi connectivity index (χ0n) is 20.9. The van der Waals surface area contributed by atoms with Gasteiger partial charge in [0.25, 0.3) is 10.1 Å². The molecular formula is C27H48O4S. The van der Waals surface area contributed by atoms with Gasteiger partial charge in [-0.25, -0.2) is 0 Å². The number of benzene rings is 1. The van der Waals surface area contributed by atoms with Crippen LogP contribution in [-0.4, -0.2) is 19.6 Å². The highest BCUT2D eigenvalue weighted by Gasteiger charge is 2.15. The molecule has 186 valence electrons. The van der Waals surface area contributed by atoms with E-state index in [0.29, 0.717) is 12.4 Å². The maximum absolute atomic E-state index is 11.4. The van der Waals surface area contributed by atoms with Gasteiger partial charge in [-0.15, -0.1) is 0 Å². The van der Waals surface area contributed by atoms with Crippen molar-refractivity contribution in [3.05, 3.63) is 23.8 Å². The van der Waals surface area contributed by atoms with Crippen LogP contribution in [0.15, 0.2) is 23.1 Å². The van der Waals surface area contributed by atoms with Crippen LogP contribution in [0.5, 0.6) is 5.75 Å². The van der Waals surface area contributed by atoms with Crippen LogP contribution >= 0.6 is 0 Å². The molecular weight excluding hydrogens is 420 g/mol. The highest BCUT2D eigenvalue weighted by atomic mass is 32.2. The lowest BCUT2D eigenvalue weighted by molar-refractivity contribution is 0.299. The van der Waals surface area contributed by atoms with Crippen molar-refractivity contribution in [2.75, 3.05) is 6.61 Å². The molecule has 0 unspecified atom stereocenters. The molecule has 5 heteroatoms. The molecule has 1 N–H and O–H groups in total. The molecule has 0 aliphatic rings. The first kappa shape index (κ1) is 29.0. The molecule has 0 bridgehead atoms. The van der Waals surface area contributed by atoms with E-state index in [0.717, 1.165) is 18.4 Å². The van der Waals surface area contributed by atoms with Gasteiger partial charge >= 0.3 is 0 Å². The first-order valence-corrected chi connectivity index (χ1v) is 14.5. The normalized spacial score (nSPS) is 11.9. The third-order valence-electron chi connectivity index (χ3n) is 6.16. The Balaban J connectivity index is 2.04. The summed E-state index contributed by atoms with van der Waals surface area (Å²) in [6, 6.07) is 4.61. The quantitative estimate of drug-likeness (QED) is 0.153. The Hall–Kier alpha value is -1.07. The molecule has 0 fully saturated rings. The van der Waals surface area contributed by atoms with Crippen LogP contribution in [0.1, 0.15) is 135 Å². The van der Waals surface area contributed by atoms with Gasteiger partial charge in [-0.05, 0) is 24.0 Å². The van der Waals surface area contributed by atoms with Gasteiger partial charge in [-0.3, -0.25) is 4.55 Å². The van der Waals surface area contributed by atoms with Gasteiger partial charge in [0.2, 0.25) is 0 Å². The summed E-state index contributed by atoms with van der Waals surface area (Å²) in [5, 5.41) is 0. The summed E-state index contributed by atoms with van der Waals surface area (Å²) < 4.78 is 38.0. The summed E-state index contributed by atoms with van der Waals surface area (Å²) in [6.45, 7) is 6.94. The predicted molar refractivity (Wildman–Crippen MR) is 135 cm³/mol. The van der Waals surface area contributed by atoms with Crippen LogP contribution in [0.25, 0.3) is 0 Å². The molecule has 0 spiro atoms. The van der Waals surface area contributed by atoms with Crippen molar-refractivity contribution in [1.82, 2.24) is 0 Å². The molecule has 4 nitrogen and oxygen atoms in total. The molecule has 0 heterocycles. The zero-order valence-corrected chi connectivity index (χ0v) is 21.7. The van der Waals surface area contributed by atoms with Crippen molar-refractivity contribution < 1.29 is 17.7 Å². The lowest BCUT2D eigenvalue weighted by atomic mass is 10.0. The van der Waals surface area contributed by atoms with Crippen LogP contribution in [0, 0.1) is 0 Å². The highest BCUT2D eigenvalue weighted by Crippen LogP contribution is 2.29. The fraction of sp³-hybridized carbons (Fsp3) is 0.778. The van der Waals surface area contributed by atoms with Crippen LogP contribution < -0.4 is 4.74 Å². The van der Waals surface area contributed by atoms with Gasteiger partial charge in [-0.2, -0.15) is 8.42 Å². The average Bonchev–Trinajstić information content (AvgIpc) is 2.75. The summed E-state index contributed by atoms with van der Waals surface area (Å²) in [7, 11) is -4.21. The molecule has 1 aromatic rings. The Morgan fingerprint density at radius 3 is 1.59 bits per heavy atom. The first-order chi connectivity index (χ1) is 15.4. The molecule has 32 heavy (non-hydrogen) atoms. The zero-order chi connectivity index (χ0) is 23.7. The number of hydrogen-bond donors (Lipinski definition) is 1. The summed E-state index contributed by atoms with van der Waals surface area (Å²) in [5.74, 6) is 0.794. The maximum atomic E-state index is 11.4. The summed E-state index contributed by atoms with van der Waals surface area (Å²) in [6.07, 6.45) is 21.3. The molecule has 0 saturated carbocycles. The Bertz CT molecular complexity index is 698. The maximum Gasteiger partial charge on any atom is 0.294 e. The largest absolute Gasteiger partial charge is 0.493 e. The van der Waals surface area contributed by atoms with Gasteiger partial charge in [-0.1, -0.05) is 123 Å². The summed E-state index contributed by atoms with van der Waals surface area (Å²) in [4.78, 5) is -0.108. The van der Waals surface area contributed by atoms with E-state index in [4.69, 9.17) is 4.74 Å². The second kappa shape index (κ2) is 17.4. The lowest BCUT2D eigenvalue weighted by Gasteiger charge is -2.15. The van der Waals surface area contributed by atoms with E-state index in [1.807, 2.05) is 13.8 Å². The van der Waals surface area contributed by atoms with Crippen molar-refractivity contribution in [2.45, 2.75) is 134 Å². The lowest BCUT2D eigenvalue weighted by Crippen LogP contribution is -2.04. The smallest absolute Gasteiger partial charge is 0.294 e. The number of hydrogen-bond acceptors (Lipinski definition) is 3. The van der Waals surface area contributed by atoms with E-state index in [1.54, 1.807) is 6.07 Å². The molecule has 0 aliphatic heterocycles. The average molecular weight is 469 g/mol. The van der Waals surface area contributed by atoms with Crippen molar-refractivity contribution in [3.63, 3.8) is 0 Å². The number of unbranched alkanes of at least 4 members (excludes halogenated alkanes) is 15. The second-order valence-electron chi connectivity index (χ2n) is 9.48. The van der Waals surface area contributed by atoms with E-state index in [-0.39, 0.29) is 10.8 Å². The molecule has 1 rings (SSSR count). The third kappa shape index (κ3) is 13.5. The van der Waals surface area contributed by atoms with Crippen LogP contribution in [-0.2, 0) is 10.1 Å². The Morgan fingerprint density at radius 1 is 0.750 bits per heavy atom. The van der Waals surface area contributed by atoms with Gasteiger partial charge in [0.1, 0.15) is 5.75 Å². The molecule has 0 saturated heterocycles. The standard InChI is InChI=1S/C27H48O4S/c1-4-5-6-7-8-9-10-11-12-13-14-15-16-17-18-19-22-31-27-23-25(32(28,29)30)20-21-26(27)24(2)3/h20-21,23-24H,4-19,22H2,1-3H3,(H,28,29,30). The van der Waals surface area contributed by atoms with E-state index in [9.17, 15) is 13.0 Å². The van der Waals surface area contributed by atoms with Crippen molar-refractivity contribution in [3.8, 4) is 5.75 Å². The SMILES string of the molecule is CCCCCCCCCCCCCCCCCCOc1cc(S(=O)(=O)O)ccc1C(C)C. The fourth-order valence-electron chi connectivity index (χ4n) is 4.11. The van der Waals surface area contributed by atoms with E-state index < -0.39 is 10.1 Å². The molecule has 0 aromatic heterocycles. The minimum absolute atomic E-state index is 0.108. The fourth-order valence-corrected chi connectivity index (χ4v) is 4.61. The number of rotatable bonds is 20. The topological polar surface area (TPSA) is 63.6 Å². The minimum Gasteiger partial charge on any atom is -0.493 e. The van der Waals surface area contributed by atoms with E-state index >= 15 is 0 Å². The highest BCUT2D eigenvalue weighted by molar-refractivity contribution is 7.85. The third-order valence-corrected chi connectivity index (χ3v) is 7.01. The molecule has 0 amide bonds. The van der Waals surface area contributed by atoms with Gasteiger partial charge in [0.15, 0.2) is 0 Å². The Kier molecular flexibility index (Phi) is 15.8. The summed E-state index contributed by atoms with van der Waals surface area (Å²) >= 11 is 0. The van der Waals surface area contributed by atoms with Crippen molar-refractivity contribution in [1.29, 1.82) is 0 Å². The Morgan fingerprint density at radius 2 is 1.19 bits per heavy atom. The monoisotopic (exact) mass is 468 g/mol. The minimum atomic E-state index is -4.21. The van der Waals surface area contributed by atoms with Crippen molar-refractivity contribution >= 4 is 10.1 Å². The van der Waals surface area contributed by atoms with E-state index in [2.05, 4.69) is 6.92 Å². The first-order valence-electron chi connectivity index (χ1n) is 13.1. The van der Waals surface area contributed by atoms with Crippen LogP contribution in [0.4, 0.5) is 0 Å². The summed E-state index contributed by atoms with van der Waals surface area (Å²) in [5.41, 5.74) is 0.967. The van der Waals surface area contributed by atoms with E-state index in [1.165, 1.54) is 102 Å². The molecule has 0 atom stereocenters. The molecule has 0 radical (unpaired) electrons. The molecule has 0 aliphatic carbocycles. The van der Waals surface area contributed by atoms with Gasteiger partial charge in [0.05, 0.1) is 11.5 Å². The second-order valence-corrected chi connectivity index (χ2v) is 10.9. The van der Waals surface area contributed by atoms with Crippen molar-refractivity contribution in [2.24, 2.45) is 0 Å². The van der Waals surface area contributed by atoms with Crippen LogP contribution in [0.2, 0.25) is 0 Å². The predicted octanol–water partition coefficient (Wildman–Crippen LogP) is 8.70.